The molecule has 12 aromatic carbocycles. The SMILES string of the molecule is CC.CC.CC(C)(C)c1cc(-c2ccccc2)c(O)c(-c2cccc(-c3cccc4ccccc34)n2)c1.COc1ccc(OC)c(C=Nc2c(C)cc(C)cc2C)c1.Cc1cccc(Cl)c1-c1noc(-c2cc(C(C)(C)C)cc(-c3cccc4c3oc3ccccc34)c2O)n1.Cc1ccccc1-c1ccccc1C. The Hall–Kier alpha value is -11.9. The molecule has 0 bridgehead atoms. The van der Waals surface area contributed by atoms with Crippen LogP contribution < -0.4 is 9.47 Å². The van der Waals surface area contributed by atoms with E-state index in [1.165, 1.54) is 49.7 Å². The van der Waals surface area contributed by atoms with Crippen LogP contribution in [0, 0.1) is 41.5 Å². The second-order valence-corrected chi connectivity index (χ2v) is 28.9. The lowest BCUT2D eigenvalue weighted by Crippen LogP contribution is -2.11. The highest BCUT2D eigenvalue weighted by Gasteiger charge is 2.27. The molecule has 109 heavy (non-hydrogen) atoms. The molecule has 554 valence electrons. The molecule has 0 unspecified atom stereocenters. The summed E-state index contributed by atoms with van der Waals surface area (Å²) in [5, 5.41) is 32.1. The molecule has 0 amide bonds. The Morgan fingerprint density at radius 3 is 1.57 bits per heavy atom. The van der Waals surface area contributed by atoms with Crippen LogP contribution >= 0.6 is 11.6 Å². The maximum Gasteiger partial charge on any atom is 0.262 e. The zero-order valence-corrected chi connectivity index (χ0v) is 66.8. The number of rotatable bonds is 11. The number of hydrogen-bond acceptors (Lipinski definition) is 10. The first-order valence-corrected chi connectivity index (χ1v) is 37.6. The fourth-order valence-corrected chi connectivity index (χ4v) is 13.5. The third kappa shape index (κ3) is 18.4. The highest BCUT2D eigenvalue weighted by atomic mass is 35.5. The molecule has 0 aliphatic carbocycles. The van der Waals surface area contributed by atoms with Gasteiger partial charge in [-0.05, 0) is 186 Å². The van der Waals surface area contributed by atoms with E-state index in [0.29, 0.717) is 33.1 Å². The minimum Gasteiger partial charge on any atom is -0.507 e. The zero-order valence-electron chi connectivity index (χ0n) is 66.0. The van der Waals surface area contributed by atoms with Crippen molar-refractivity contribution in [1.29, 1.82) is 0 Å². The fraction of sp³-hybridized carbons (Fsp3) is 0.204. The van der Waals surface area contributed by atoms with Crippen LogP contribution in [0.3, 0.4) is 0 Å². The van der Waals surface area contributed by atoms with Crippen molar-refractivity contribution in [3.8, 4) is 102 Å². The van der Waals surface area contributed by atoms with Gasteiger partial charge < -0.3 is 28.6 Å². The molecular formula is C98H99ClN4O6. The second-order valence-electron chi connectivity index (χ2n) is 28.5. The Bertz CT molecular complexity index is 5590. The Morgan fingerprint density at radius 2 is 0.936 bits per heavy atom. The standard InChI is InChI=1S/C31H25ClN2O3.C31H27NO.C18H21NO2.C14H14.2C2H6/c1-17-9-7-13-24(32)26(17)29-33-30(37-34-29)23-16-18(31(2,3)4)15-22(27(23)35)21-12-8-11-20-19-10-5-6-14-25(19)36-28(20)21;1-31(2,3)23-19-26(22-11-5-4-6-12-22)30(33)27(20-23)29-18-10-17-28(32-29)25-16-9-14-21-13-7-8-15-24(21)25;1-12-8-13(2)18(14(3)9-12)19-11-15-10-16(20-4)6-7-17(15)21-5;1-11-7-3-5-9-13(11)14-10-6-4-8-12(14)2;2*1-2/h5-16,35H,1-4H3;4-20,33H,1-3H3;6-11H,1-5H3;3-10H,1-2H3;2*1-2H3. The minimum atomic E-state index is -0.207. The number of benzene rings is 12. The van der Waals surface area contributed by atoms with E-state index >= 15 is 0 Å². The highest BCUT2D eigenvalue weighted by Crippen LogP contribution is 2.47. The van der Waals surface area contributed by atoms with Gasteiger partial charge in [0.1, 0.15) is 34.2 Å². The van der Waals surface area contributed by atoms with Crippen molar-refractivity contribution < 1.29 is 28.6 Å². The van der Waals surface area contributed by atoms with Crippen LogP contribution in [0.15, 0.2) is 269 Å². The van der Waals surface area contributed by atoms with Crippen LogP contribution in [0.5, 0.6) is 23.0 Å². The second kappa shape index (κ2) is 35.7. The monoisotopic (exact) mass is 1460 g/mol. The zero-order chi connectivity index (χ0) is 78.3. The van der Waals surface area contributed by atoms with E-state index in [4.69, 9.17) is 35.0 Å². The highest BCUT2D eigenvalue weighted by molar-refractivity contribution is 6.33. The quantitative estimate of drug-likeness (QED) is 0.121. The van der Waals surface area contributed by atoms with Gasteiger partial charge in [0.05, 0.1) is 41.9 Å². The van der Waals surface area contributed by atoms with Crippen LogP contribution in [0.4, 0.5) is 5.69 Å². The van der Waals surface area contributed by atoms with E-state index in [2.05, 4.69) is 207 Å². The number of aliphatic imine (C=N–C) groups is 1. The van der Waals surface area contributed by atoms with Crippen molar-refractivity contribution in [2.24, 2.45) is 4.99 Å². The number of furan rings is 1. The summed E-state index contributed by atoms with van der Waals surface area (Å²) in [6, 6.07) is 85.3. The number of fused-ring (bicyclic) bond motifs is 4. The smallest absolute Gasteiger partial charge is 0.262 e. The van der Waals surface area contributed by atoms with Crippen LogP contribution in [-0.2, 0) is 10.8 Å². The molecule has 15 aromatic rings. The summed E-state index contributed by atoms with van der Waals surface area (Å²) >= 11 is 6.45. The molecule has 0 spiro atoms. The Morgan fingerprint density at radius 1 is 0.431 bits per heavy atom. The largest absolute Gasteiger partial charge is 0.507 e. The molecule has 0 radical (unpaired) electrons. The lowest BCUT2D eigenvalue weighted by Gasteiger charge is -2.22. The molecule has 0 saturated heterocycles. The van der Waals surface area contributed by atoms with Gasteiger partial charge in [0.15, 0.2) is 0 Å². The summed E-state index contributed by atoms with van der Waals surface area (Å²) in [4.78, 5) is 14.3. The maximum atomic E-state index is 11.6. The summed E-state index contributed by atoms with van der Waals surface area (Å²) in [5.74, 6) is 2.47. The van der Waals surface area contributed by atoms with Gasteiger partial charge in [-0.2, -0.15) is 4.98 Å². The average molecular weight is 1460 g/mol. The number of para-hydroxylation sites is 2. The molecule has 0 saturated carbocycles. The predicted molar refractivity (Wildman–Crippen MR) is 458 cm³/mol. The van der Waals surface area contributed by atoms with Crippen LogP contribution in [0.1, 0.15) is 119 Å². The summed E-state index contributed by atoms with van der Waals surface area (Å²) < 4.78 is 22.6. The summed E-state index contributed by atoms with van der Waals surface area (Å²) in [7, 11) is 3.30. The molecule has 10 nitrogen and oxygen atoms in total. The Kier molecular flexibility index (Phi) is 26.1. The van der Waals surface area contributed by atoms with Gasteiger partial charge in [-0.25, -0.2) is 4.98 Å². The van der Waals surface area contributed by atoms with Crippen molar-refractivity contribution in [2.75, 3.05) is 14.2 Å². The minimum absolute atomic E-state index is 0.0482. The Labute approximate surface area is 648 Å². The first-order chi connectivity index (χ1) is 52.5. The number of hydrogen-bond donors (Lipinski definition) is 2. The van der Waals surface area contributed by atoms with Crippen molar-refractivity contribution in [3.63, 3.8) is 0 Å². The van der Waals surface area contributed by atoms with Crippen molar-refractivity contribution in [3.05, 3.63) is 310 Å². The van der Waals surface area contributed by atoms with Gasteiger partial charge in [0, 0.05) is 55.9 Å². The maximum absolute atomic E-state index is 11.6. The number of aryl methyl sites for hydroxylation is 6. The van der Waals surface area contributed by atoms with Crippen LogP contribution in [-0.4, -0.2) is 45.8 Å². The molecule has 15 rings (SSSR count). The number of aromatic nitrogens is 3. The van der Waals surface area contributed by atoms with E-state index in [1.807, 2.05) is 174 Å². The van der Waals surface area contributed by atoms with E-state index < -0.39 is 0 Å². The lowest BCUT2D eigenvalue weighted by molar-refractivity contribution is 0.402. The molecule has 0 aliphatic heterocycles. The van der Waals surface area contributed by atoms with Gasteiger partial charge in [0.25, 0.3) is 5.89 Å². The molecular weight excluding hydrogens is 1360 g/mol. The number of ether oxygens (including phenoxy) is 2. The third-order valence-electron chi connectivity index (χ3n) is 18.9. The van der Waals surface area contributed by atoms with Gasteiger partial charge >= 0.3 is 0 Å². The number of aromatic hydroxyl groups is 2. The Balaban J connectivity index is 0.000000161. The third-order valence-corrected chi connectivity index (χ3v) is 19.2. The van der Waals surface area contributed by atoms with Gasteiger partial charge in [-0.3, -0.25) is 4.99 Å². The van der Waals surface area contributed by atoms with Crippen molar-refractivity contribution >= 4 is 56.2 Å². The topological polar surface area (TPSA) is 136 Å². The van der Waals surface area contributed by atoms with Gasteiger partial charge in [-0.15, -0.1) is 0 Å². The number of halogens is 1. The summed E-state index contributed by atoms with van der Waals surface area (Å²) in [6.45, 7) is 33.5. The van der Waals surface area contributed by atoms with E-state index in [9.17, 15) is 10.2 Å². The van der Waals surface area contributed by atoms with Crippen molar-refractivity contribution in [1.82, 2.24) is 15.1 Å². The molecule has 0 aliphatic rings. The molecule has 0 fully saturated rings. The van der Waals surface area contributed by atoms with E-state index in [-0.39, 0.29) is 28.2 Å². The number of methoxy groups -OCH3 is 2. The average Bonchev–Trinajstić information content (AvgIpc) is 1.65. The number of pyridine rings is 1. The van der Waals surface area contributed by atoms with Crippen molar-refractivity contribution in [2.45, 2.75) is 122 Å². The molecule has 0 atom stereocenters. The van der Waals surface area contributed by atoms with Crippen LogP contribution in [0.2, 0.25) is 5.02 Å². The van der Waals surface area contributed by atoms with Gasteiger partial charge in [0.2, 0.25) is 5.82 Å². The lowest BCUT2D eigenvalue weighted by atomic mass is 9.83. The first-order valence-electron chi connectivity index (χ1n) is 37.2. The van der Waals surface area contributed by atoms with Gasteiger partial charge in [-0.1, -0.05) is 280 Å². The fourth-order valence-electron chi connectivity index (χ4n) is 13.2. The van der Waals surface area contributed by atoms with E-state index in [0.717, 1.165) is 95.0 Å². The number of phenolic OH excluding ortho intramolecular Hbond substituents is 2. The normalized spacial score (nSPS) is 11.1. The summed E-state index contributed by atoms with van der Waals surface area (Å²) in [5.41, 5.74) is 23.1. The first kappa shape index (κ1) is 79.7. The number of phenols is 2. The molecule has 11 heteroatoms. The van der Waals surface area contributed by atoms with Crippen LogP contribution in [0.25, 0.3) is 111 Å². The molecule has 2 N–H and O–H groups in total. The van der Waals surface area contributed by atoms with E-state index in [1.54, 1.807) is 20.3 Å². The molecule has 3 aromatic heterocycles. The molecule has 3 heterocycles. The summed E-state index contributed by atoms with van der Waals surface area (Å²) in [6.07, 6.45) is 1.83. The predicted octanol–water partition coefficient (Wildman–Crippen LogP) is 27.6. The number of nitrogens with zero attached hydrogens (tertiary/aromatic N) is 4.